The molecule has 0 fully saturated rings. The molecule has 4 aromatic rings. The van der Waals surface area contributed by atoms with Crippen LogP contribution in [0.25, 0.3) is 16.9 Å². The third-order valence-electron chi connectivity index (χ3n) is 4.62. The van der Waals surface area contributed by atoms with Crippen molar-refractivity contribution in [2.24, 2.45) is 0 Å². The highest BCUT2D eigenvalue weighted by Crippen LogP contribution is 2.22. The number of nitriles is 1. The number of carbonyl (C=O) groups excluding carboxylic acids is 1. The second-order valence-electron chi connectivity index (χ2n) is 6.54. The molecule has 0 spiro atoms. The number of hydrogen-bond acceptors (Lipinski definition) is 4. The Labute approximate surface area is 162 Å². The van der Waals surface area contributed by atoms with Crippen LogP contribution in [0.2, 0.25) is 0 Å². The summed E-state index contributed by atoms with van der Waals surface area (Å²) in [5.74, 6) is -0.240. The predicted octanol–water partition coefficient (Wildman–Crippen LogP) is 3.85. The van der Waals surface area contributed by atoms with Crippen LogP contribution in [-0.2, 0) is 0 Å². The number of carbonyl (C=O) groups is 1. The number of anilines is 1. The Hall–Kier alpha value is -3.98. The van der Waals surface area contributed by atoms with Crippen molar-refractivity contribution in [2.75, 3.05) is 11.9 Å². The maximum absolute atomic E-state index is 12.9. The molecular weight excluding hydrogens is 350 g/mol. The van der Waals surface area contributed by atoms with Gasteiger partial charge in [0.25, 0.3) is 5.91 Å². The summed E-state index contributed by atoms with van der Waals surface area (Å²) in [5, 5.41) is 8.92. The molecule has 0 aliphatic rings. The van der Waals surface area contributed by atoms with Crippen LogP contribution in [0.5, 0.6) is 0 Å². The van der Waals surface area contributed by atoms with E-state index in [-0.39, 0.29) is 5.91 Å². The number of fused-ring (bicyclic) bond motifs is 1. The van der Waals surface area contributed by atoms with E-state index in [4.69, 9.17) is 5.26 Å². The summed E-state index contributed by atoms with van der Waals surface area (Å²) in [6.45, 7) is 2.04. The number of imidazole rings is 1. The van der Waals surface area contributed by atoms with E-state index >= 15 is 0 Å². The van der Waals surface area contributed by atoms with Gasteiger partial charge in [-0.3, -0.25) is 9.20 Å². The summed E-state index contributed by atoms with van der Waals surface area (Å²) < 4.78 is 1.88. The Kier molecular flexibility index (Phi) is 4.34. The Morgan fingerprint density at radius 2 is 1.89 bits per heavy atom. The fourth-order valence-electron chi connectivity index (χ4n) is 3.07. The molecule has 0 aliphatic heterocycles. The third-order valence-corrected chi connectivity index (χ3v) is 4.62. The molecule has 2 aromatic heterocycles. The van der Waals surface area contributed by atoms with Gasteiger partial charge in [-0.05, 0) is 37.3 Å². The van der Waals surface area contributed by atoms with Crippen LogP contribution in [-0.4, -0.2) is 27.3 Å². The van der Waals surface area contributed by atoms with Crippen molar-refractivity contribution in [3.05, 3.63) is 83.9 Å². The second kappa shape index (κ2) is 6.97. The average Bonchev–Trinajstić information content (AvgIpc) is 3.16. The van der Waals surface area contributed by atoms with Crippen molar-refractivity contribution >= 4 is 17.2 Å². The normalized spacial score (nSPS) is 10.6. The molecule has 0 radical (unpaired) electrons. The van der Waals surface area contributed by atoms with Crippen LogP contribution < -0.4 is 4.90 Å². The number of rotatable bonds is 3. The van der Waals surface area contributed by atoms with E-state index in [1.807, 2.05) is 29.5 Å². The molecule has 0 N–H and O–H groups in total. The lowest BCUT2D eigenvalue weighted by atomic mass is 10.1. The lowest BCUT2D eigenvalue weighted by Gasteiger charge is -2.17. The van der Waals surface area contributed by atoms with Gasteiger partial charge in [0.2, 0.25) is 0 Å². The molecule has 136 valence electrons. The maximum atomic E-state index is 12.9. The minimum atomic E-state index is -0.240. The number of benzene rings is 2. The highest BCUT2D eigenvalue weighted by atomic mass is 16.2. The first-order valence-electron chi connectivity index (χ1n) is 8.75. The van der Waals surface area contributed by atoms with E-state index in [0.29, 0.717) is 22.6 Å². The van der Waals surface area contributed by atoms with Crippen molar-refractivity contribution in [1.82, 2.24) is 14.4 Å². The molecule has 0 aliphatic carbocycles. The minimum absolute atomic E-state index is 0.240. The molecule has 28 heavy (non-hydrogen) atoms. The Bertz CT molecular complexity index is 1220. The number of amides is 1. The summed E-state index contributed by atoms with van der Waals surface area (Å²) in [7, 11) is 1.69. The third kappa shape index (κ3) is 3.10. The highest BCUT2D eigenvalue weighted by Gasteiger charge is 2.17. The molecule has 2 heterocycles. The van der Waals surface area contributed by atoms with Crippen molar-refractivity contribution in [3.8, 4) is 17.3 Å². The summed E-state index contributed by atoms with van der Waals surface area (Å²) in [6, 6.07) is 17.0. The van der Waals surface area contributed by atoms with Crippen molar-refractivity contribution < 1.29 is 4.79 Å². The monoisotopic (exact) mass is 367 g/mol. The maximum Gasteiger partial charge on any atom is 0.278 e. The fourth-order valence-corrected chi connectivity index (χ4v) is 3.07. The van der Waals surface area contributed by atoms with E-state index in [2.05, 4.69) is 22.1 Å². The van der Waals surface area contributed by atoms with E-state index < -0.39 is 0 Å². The van der Waals surface area contributed by atoms with E-state index in [9.17, 15) is 4.79 Å². The summed E-state index contributed by atoms with van der Waals surface area (Å²) >= 11 is 0. The molecule has 0 saturated carbocycles. The molecule has 0 bridgehead atoms. The predicted molar refractivity (Wildman–Crippen MR) is 107 cm³/mol. The summed E-state index contributed by atoms with van der Waals surface area (Å²) in [6.07, 6.45) is 5.09. The quantitative estimate of drug-likeness (QED) is 0.551. The van der Waals surface area contributed by atoms with Gasteiger partial charge in [0.05, 0.1) is 29.7 Å². The van der Waals surface area contributed by atoms with Gasteiger partial charge in [-0.15, -0.1) is 0 Å². The van der Waals surface area contributed by atoms with E-state index in [1.165, 1.54) is 4.90 Å². The Morgan fingerprint density at radius 1 is 1.11 bits per heavy atom. The van der Waals surface area contributed by atoms with Crippen LogP contribution in [0.3, 0.4) is 0 Å². The topological polar surface area (TPSA) is 74.3 Å². The van der Waals surface area contributed by atoms with Crippen LogP contribution in [0.1, 0.15) is 21.6 Å². The molecule has 6 heteroatoms. The first kappa shape index (κ1) is 17.4. The Balaban J connectivity index is 1.71. The average molecular weight is 367 g/mol. The van der Waals surface area contributed by atoms with Crippen LogP contribution >= 0.6 is 0 Å². The largest absolute Gasteiger partial charge is 0.310 e. The lowest BCUT2D eigenvalue weighted by Crippen LogP contribution is -2.27. The van der Waals surface area contributed by atoms with Gasteiger partial charge in [-0.2, -0.15) is 5.26 Å². The van der Waals surface area contributed by atoms with E-state index in [1.54, 1.807) is 49.9 Å². The standard InChI is InChI=1S/C22H17N5O/c1-15-4-3-5-17(10-15)20-12-25-21-13-24-19(14-27(20)21)22(28)26(2)18-8-6-16(11-23)7-9-18/h3-10,12-14H,1-2H3. The van der Waals surface area contributed by atoms with Crippen LogP contribution in [0.15, 0.2) is 67.1 Å². The van der Waals surface area contributed by atoms with Gasteiger partial charge in [0.1, 0.15) is 5.69 Å². The zero-order chi connectivity index (χ0) is 19.7. The zero-order valence-corrected chi connectivity index (χ0v) is 15.5. The Morgan fingerprint density at radius 3 is 2.61 bits per heavy atom. The van der Waals surface area contributed by atoms with Crippen molar-refractivity contribution in [3.63, 3.8) is 0 Å². The van der Waals surface area contributed by atoms with Crippen molar-refractivity contribution in [1.29, 1.82) is 5.26 Å². The second-order valence-corrected chi connectivity index (χ2v) is 6.54. The molecule has 6 nitrogen and oxygen atoms in total. The molecule has 0 unspecified atom stereocenters. The van der Waals surface area contributed by atoms with Gasteiger partial charge >= 0.3 is 0 Å². The van der Waals surface area contributed by atoms with Crippen LogP contribution in [0, 0.1) is 18.3 Å². The molecule has 4 rings (SSSR count). The smallest absolute Gasteiger partial charge is 0.278 e. The highest BCUT2D eigenvalue weighted by molar-refractivity contribution is 6.04. The summed E-state index contributed by atoms with van der Waals surface area (Å²) in [4.78, 5) is 23.1. The minimum Gasteiger partial charge on any atom is -0.310 e. The number of hydrogen-bond donors (Lipinski definition) is 0. The number of nitrogens with zero attached hydrogens (tertiary/aromatic N) is 5. The van der Waals surface area contributed by atoms with Gasteiger partial charge in [0.15, 0.2) is 5.65 Å². The van der Waals surface area contributed by atoms with Gasteiger partial charge in [-0.1, -0.05) is 23.8 Å². The first-order valence-corrected chi connectivity index (χ1v) is 8.75. The molecule has 0 atom stereocenters. The van der Waals surface area contributed by atoms with Crippen LogP contribution in [0.4, 0.5) is 5.69 Å². The van der Waals surface area contributed by atoms with Gasteiger partial charge in [-0.25, -0.2) is 9.97 Å². The van der Waals surface area contributed by atoms with Gasteiger partial charge in [0, 0.05) is 24.5 Å². The molecular formula is C22H17N5O. The first-order chi connectivity index (χ1) is 13.6. The summed E-state index contributed by atoms with van der Waals surface area (Å²) in [5.41, 5.74) is 5.30. The lowest BCUT2D eigenvalue weighted by molar-refractivity contribution is 0.0988. The molecule has 2 aromatic carbocycles. The SMILES string of the molecule is Cc1cccc(-c2cnc3cnc(C(=O)N(C)c4ccc(C#N)cc4)cn23)c1. The van der Waals surface area contributed by atoms with Gasteiger partial charge < -0.3 is 4.90 Å². The van der Waals surface area contributed by atoms with E-state index in [0.717, 1.165) is 16.8 Å². The number of aryl methyl sites for hydroxylation is 1. The molecule has 1 amide bonds. The zero-order valence-electron chi connectivity index (χ0n) is 15.5. The molecule has 0 saturated heterocycles. The number of aromatic nitrogens is 3. The fraction of sp³-hybridized carbons (Fsp3) is 0.0909. The van der Waals surface area contributed by atoms with Crippen molar-refractivity contribution in [2.45, 2.75) is 6.92 Å².